The van der Waals surface area contributed by atoms with E-state index in [1.54, 1.807) is 12.1 Å². The average molecular weight is 236 g/mol. The van der Waals surface area contributed by atoms with Crippen LogP contribution in [-0.4, -0.2) is 37.8 Å². The number of carbonyl (C=O) groups excluding carboxylic acids is 1. The molecule has 94 valence electrons. The van der Waals surface area contributed by atoms with Gasteiger partial charge >= 0.3 is 0 Å². The van der Waals surface area contributed by atoms with Crippen molar-refractivity contribution in [3.8, 4) is 0 Å². The van der Waals surface area contributed by atoms with Crippen LogP contribution in [0.3, 0.4) is 0 Å². The zero-order chi connectivity index (χ0) is 12.8. The Morgan fingerprint density at radius 2 is 1.94 bits per heavy atom. The highest BCUT2D eigenvalue weighted by Gasteiger charge is 2.09. The molecule has 1 aromatic rings. The third kappa shape index (κ3) is 4.07. The molecule has 0 heterocycles. The highest BCUT2D eigenvalue weighted by Crippen LogP contribution is 2.12. The maximum atomic E-state index is 11.8. The van der Waals surface area contributed by atoms with Crippen molar-refractivity contribution in [1.82, 2.24) is 5.32 Å². The van der Waals surface area contributed by atoms with E-state index < -0.39 is 0 Å². The predicted molar refractivity (Wildman–Crippen MR) is 69.4 cm³/mol. The quantitative estimate of drug-likeness (QED) is 0.809. The number of carbonyl (C=O) groups is 1. The number of benzene rings is 1. The first-order chi connectivity index (χ1) is 8.04. The van der Waals surface area contributed by atoms with Crippen molar-refractivity contribution in [2.24, 2.45) is 0 Å². The van der Waals surface area contributed by atoms with Crippen molar-refractivity contribution >= 4 is 11.6 Å². The van der Waals surface area contributed by atoms with E-state index in [4.69, 9.17) is 5.11 Å². The summed E-state index contributed by atoms with van der Waals surface area (Å²) in [4.78, 5) is 13.8. The minimum absolute atomic E-state index is 0.0129. The van der Waals surface area contributed by atoms with Gasteiger partial charge in [-0.3, -0.25) is 4.79 Å². The summed E-state index contributed by atoms with van der Waals surface area (Å²) >= 11 is 0. The molecule has 0 aliphatic carbocycles. The van der Waals surface area contributed by atoms with Gasteiger partial charge in [-0.15, -0.1) is 0 Å². The fraction of sp³-hybridized carbons (Fsp3) is 0.462. The summed E-state index contributed by atoms with van der Waals surface area (Å²) in [7, 11) is 3.91. The second-order valence-corrected chi connectivity index (χ2v) is 4.33. The third-order valence-electron chi connectivity index (χ3n) is 2.59. The van der Waals surface area contributed by atoms with E-state index in [1.165, 1.54) is 0 Å². The largest absolute Gasteiger partial charge is 0.396 e. The molecule has 4 nitrogen and oxygen atoms in total. The standard InChI is InChI=1S/C13H20N2O2/c1-10(8-9-16)14-13(17)11-4-6-12(7-5-11)15(2)3/h4-7,10,16H,8-9H2,1-3H3,(H,14,17). The van der Waals surface area contributed by atoms with Gasteiger partial charge in [0, 0.05) is 38.0 Å². The Kier molecular flexibility index (Phi) is 4.97. The lowest BCUT2D eigenvalue weighted by molar-refractivity contribution is 0.0934. The summed E-state index contributed by atoms with van der Waals surface area (Å²) in [5.74, 6) is -0.101. The number of rotatable bonds is 5. The van der Waals surface area contributed by atoms with Crippen molar-refractivity contribution in [2.75, 3.05) is 25.6 Å². The molecule has 0 aliphatic heterocycles. The van der Waals surface area contributed by atoms with Gasteiger partial charge in [0.25, 0.3) is 5.91 Å². The minimum atomic E-state index is -0.101. The van der Waals surface area contributed by atoms with Crippen LogP contribution in [0.25, 0.3) is 0 Å². The highest BCUT2D eigenvalue weighted by molar-refractivity contribution is 5.94. The first-order valence-corrected chi connectivity index (χ1v) is 5.73. The molecule has 0 fully saturated rings. The van der Waals surface area contributed by atoms with Crippen LogP contribution in [-0.2, 0) is 0 Å². The van der Waals surface area contributed by atoms with Crippen LogP contribution in [0.5, 0.6) is 0 Å². The summed E-state index contributed by atoms with van der Waals surface area (Å²) < 4.78 is 0. The molecule has 1 atom stereocenters. The van der Waals surface area contributed by atoms with E-state index in [9.17, 15) is 4.79 Å². The molecule has 0 saturated carbocycles. The summed E-state index contributed by atoms with van der Waals surface area (Å²) in [6, 6.07) is 7.41. The summed E-state index contributed by atoms with van der Waals surface area (Å²) in [5, 5.41) is 11.6. The lowest BCUT2D eigenvalue weighted by Crippen LogP contribution is -2.33. The maximum Gasteiger partial charge on any atom is 0.251 e. The zero-order valence-electron chi connectivity index (χ0n) is 10.6. The summed E-state index contributed by atoms with van der Waals surface area (Å²) in [5.41, 5.74) is 1.70. The monoisotopic (exact) mass is 236 g/mol. The number of aliphatic hydroxyl groups is 1. The van der Waals surface area contributed by atoms with E-state index in [0.717, 1.165) is 5.69 Å². The van der Waals surface area contributed by atoms with Gasteiger partial charge in [-0.05, 0) is 37.6 Å². The highest BCUT2D eigenvalue weighted by atomic mass is 16.3. The number of hydrogen-bond acceptors (Lipinski definition) is 3. The molecular formula is C13H20N2O2. The molecule has 1 aromatic carbocycles. The van der Waals surface area contributed by atoms with E-state index in [1.807, 2.05) is 38.1 Å². The number of anilines is 1. The molecule has 0 bridgehead atoms. The second kappa shape index (κ2) is 6.25. The molecule has 0 radical (unpaired) electrons. The fourth-order valence-electron chi connectivity index (χ4n) is 1.48. The fourth-order valence-corrected chi connectivity index (χ4v) is 1.48. The number of nitrogens with one attached hydrogen (secondary N) is 1. The Labute approximate surface area is 102 Å². The van der Waals surface area contributed by atoms with Crippen LogP contribution in [0, 0.1) is 0 Å². The maximum absolute atomic E-state index is 11.8. The van der Waals surface area contributed by atoms with Gasteiger partial charge in [-0.25, -0.2) is 0 Å². The second-order valence-electron chi connectivity index (χ2n) is 4.33. The topological polar surface area (TPSA) is 52.6 Å². The smallest absolute Gasteiger partial charge is 0.251 e. The van der Waals surface area contributed by atoms with Crippen LogP contribution in [0.15, 0.2) is 24.3 Å². The van der Waals surface area contributed by atoms with Crippen molar-refractivity contribution in [2.45, 2.75) is 19.4 Å². The van der Waals surface area contributed by atoms with E-state index in [-0.39, 0.29) is 18.6 Å². The Bertz CT molecular complexity index is 360. The van der Waals surface area contributed by atoms with Crippen LogP contribution >= 0.6 is 0 Å². The normalized spacial score (nSPS) is 12.0. The third-order valence-corrected chi connectivity index (χ3v) is 2.59. The van der Waals surface area contributed by atoms with Crippen LogP contribution in [0.2, 0.25) is 0 Å². The van der Waals surface area contributed by atoms with Gasteiger partial charge < -0.3 is 15.3 Å². The average Bonchev–Trinajstić information content (AvgIpc) is 2.29. The van der Waals surface area contributed by atoms with Crippen LogP contribution in [0.1, 0.15) is 23.7 Å². The van der Waals surface area contributed by atoms with Crippen molar-refractivity contribution in [1.29, 1.82) is 0 Å². The molecule has 0 aliphatic rings. The molecule has 0 saturated heterocycles. The lowest BCUT2D eigenvalue weighted by Gasteiger charge is -2.14. The van der Waals surface area contributed by atoms with E-state index >= 15 is 0 Å². The first-order valence-electron chi connectivity index (χ1n) is 5.73. The summed E-state index contributed by atoms with van der Waals surface area (Å²) in [6.07, 6.45) is 0.571. The molecule has 1 amide bonds. The zero-order valence-corrected chi connectivity index (χ0v) is 10.6. The number of aliphatic hydroxyl groups excluding tert-OH is 1. The molecule has 17 heavy (non-hydrogen) atoms. The van der Waals surface area contributed by atoms with E-state index in [0.29, 0.717) is 12.0 Å². The molecule has 4 heteroatoms. The molecule has 1 unspecified atom stereocenters. The van der Waals surface area contributed by atoms with Gasteiger partial charge in [0.15, 0.2) is 0 Å². The lowest BCUT2D eigenvalue weighted by atomic mass is 10.1. The Hall–Kier alpha value is -1.55. The number of hydrogen-bond donors (Lipinski definition) is 2. The van der Waals surface area contributed by atoms with Crippen LogP contribution < -0.4 is 10.2 Å². The van der Waals surface area contributed by atoms with Crippen molar-refractivity contribution in [3.63, 3.8) is 0 Å². The molecule has 0 spiro atoms. The van der Waals surface area contributed by atoms with Gasteiger partial charge in [-0.2, -0.15) is 0 Å². The van der Waals surface area contributed by atoms with Gasteiger partial charge in [-0.1, -0.05) is 0 Å². The number of nitrogens with zero attached hydrogens (tertiary/aromatic N) is 1. The Morgan fingerprint density at radius 1 is 1.35 bits per heavy atom. The van der Waals surface area contributed by atoms with Crippen LogP contribution in [0.4, 0.5) is 5.69 Å². The van der Waals surface area contributed by atoms with Gasteiger partial charge in [0.1, 0.15) is 0 Å². The molecular weight excluding hydrogens is 216 g/mol. The van der Waals surface area contributed by atoms with Gasteiger partial charge in [0.05, 0.1) is 0 Å². The minimum Gasteiger partial charge on any atom is -0.396 e. The van der Waals surface area contributed by atoms with Crippen molar-refractivity contribution < 1.29 is 9.90 Å². The first kappa shape index (κ1) is 13.5. The van der Waals surface area contributed by atoms with Gasteiger partial charge in [0.2, 0.25) is 0 Å². The molecule has 0 aromatic heterocycles. The number of amides is 1. The molecule has 2 N–H and O–H groups in total. The Balaban J connectivity index is 2.63. The summed E-state index contributed by atoms with van der Waals surface area (Å²) in [6.45, 7) is 1.96. The SMILES string of the molecule is CC(CCO)NC(=O)c1ccc(N(C)C)cc1. The predicted octanol–water partition coefficient (Wildman–Crippen LogP) is 1.25. The molecule has 1 rings (SSSR count). The van der Waals surface area contributed by atoms with Crippen molar-refractivity contribution in [3.05, 3.63) is 29.8 Å². The Morgan fingerprint density at radius 3 is 2.41 bits per heavy atom. The van der Waals surface area contributed by atoms with E-state index in [2.05, 4.69) is 5.32 Å².